The second-order valence-corrected chi connectivity index (χ2v) is 1.56. The molecule has 0 atom stereocenters. The third kappa shape index (κ3) is 0.995. The van der Waals surface area contributed by atoms with Crippen LogP contribution < -0.4 is 5.32 Å². The Balaban J connectivity index is 2.67. The summed E-state index contributed by atoms with van der Waals surface area (Å²) in [6.45, 7) is 0.377. The van der Waals surface area contributed by atoms with Crippen LogP contribution in [0.15, 0.2) is 12.3 Å². The number of carbonyl (C=O) groups is 1. The summed E-state index contributed by atoms with van der Waals surface area (Å²) >= 11 is 0. The summed E-state index contributed by atoms with van der Waals surface area (Å²) in [5, 5.41) is 10.6. The molecule has 0 fully saturated rings. The Morgan fingerprint density at radius 3 is 3.11 bits per heavy atom. The number of carbonyl (C=O) groups excluding carboxylic acids is 1. The summed E-state index contributed by atoms with van der Waals surface area (Å²) in [4.78, 5) is 11.6. The predicted molar refractivity (Wildman–Crippen MR) is 30.0 cm³/mol. The highest BCUT2D eigenvalue weighted by molar-refractivity contribution is 5.77. The molecule has 9 heavy (non-hydrogen) atoms. The molecule has 0 unspecified atom stereocenters. The average molecular weight is 123 g/mol. The molecule has 0 saturated heterocycles. The van der Waals surface area contributed by atoms with E-state index in [1.807, 2.05) is 0 Å². The fraction of sp³-hybridized carbons (Fsp3) is 0.200. The number of nitriles is 1. The smallest absolute Gasteiger partial charge is 0.314 e. The number of amides is 2. The largest absolute Gasteiger partial charge is 0.334 e. The molecule has 0 spiro atoms. The van der Waals surface area contributed by atoms with Crippen LogP contribution in [0.25, 0.3) is 0 Å². The average Bonchev–Trinajstić information content (AvgIpc) is 1.89. The summed E-state index contributed by atoms with van der Waals surface area (Å²) in [7, 11) is 0. The van der Waals surface area contributed by atoms with Crippen LogP contribution in [0.1, 0.15) is 0 Å². The van der Waals surface area contributed by atoms with Crippen LogP contribution in [0.2, 0.25) is 0 Å². The van der Waals surface area contributed by atoms with Crippen LogP contribution >= 0.6 is 0 Å². The van der Waals surface area contributed by atoms with Crippen LogP contribution in [0.4, 0.5) is 4.79 Å². The molecule has 0 aliphatic carbocycles. The highest BCUT2D eigenvalue weighted by atomic mass is 16.2. The van der Waals surface area contributed by atoms with E-state index < -0.39 is 0 Å². The minimum Gasteiger partial charge on any atom is -0.314 e. The number of urea groups is 1. The first-order valence-electron chi connectivity index (χ1n) is 2.47. The lowest BCUT2D eigenvalue weighted by molar-refractivity contribution is 0.222. The van der Waals surface area contributed by atoms with Crippen LogP contribution in [-0.4, -0.2) is 17.5 Å². The molecular formula is C5H5N3O. The third-order valence-electron chi connectivity index (χ3n) is 0.979. The first-order chi connectivity index (χ1) is 4.34. The molecular weight excluding hydrogens is 118 g/mol. The van der Waals surface area contributed by atoms with E-state index in [4.69, 9.17) is 5.26 Å². The second-order valence-electron chi connectivity index (χ2n) is 1.56. The minimum absolute atomic E-state index is 0.361. The molecule has 1 aliphatic rings. The van der Waals surface area contributed by atoms with Gasteiger partial charge >= 0.3 is 6.03 Å². The molecule has 1 aliphatic heterocycles. The summed E-state index contributed by atoms with van der Waals surface area (Å²) in [6, 6.07) is -0.361. The van der Waals surface area contributed by atoms with Crippen molar-refractivity contribution in [2.24, 2.45) is 0 Å². The van der Waals surface area contributed by atoms with Crippen molar-refractivity contribution in [3.8, 4) is 6.19 Å². The standard InChI is InChI=1S/C5H5N3O/c6-4-8-3-1-2-7-5(8)9/h1-2H,3H2,(H,7,9). The normalized spacial score (nSPS) is 16.8. The maximum Gasteiger partial charge on any atom is 0.334 e. The molecule has 4 nitrogen and oxygen atoms in total. The summed E-state index contributed by atoms with van der Waals surface area (Å²) in [5.41, 5.74) is 0. The van der Waals surface area contributed by atoms with Gasteiger partial charge in [0.15, 0.2) is 6.19 Å². The van der Waals surface area contributed by atoms with Gasteiger partial charge in [0.2, 0.25) is 0 Å². The Bertz CT molecular complexity index is 191. The van der Waals surface area contributed by atoms with Gasteiger partial charge in [-0.2, -0.15) is 5.26 Å². The number of nitrogens with one attached hydrogen (secondary N) is 1. The van der Waals surface area contributed by atoms with Gasteiger partial charge in [-0.05, 0) is 6.08 Å². The molecule has 46 valence electrons. The fourth-order valence-corrected chi connectivity index (χ4v) is 0.535. The SMILES string of the molecule is N#CN1CC=CNC1=O. The van der Waals surface area contributed by atoms with E-state index in [-0.39, 0.29) is 6.03 Å². The van der Waals surface area contributed by atoms with E-state index >= 15 is 0 Å². The zero-order valence-corrected chi connectivity index (χ0v) is 4.66. The maximum atomic E-state index is 10.6. The van der Waals surface area contributed by atoms with Crippen LogP contribution in [0.3, 0.4) is 0 Å². The van der Waals surface area contributed by atoms with Gasteiger partial charge in [0.25, 0.3) is 0 Å². The quantitative estimate of drug-likeness (QED) is 0.461. The second kappa shape index (κ2) is 2.18. The highest BCUT2D eigenvalue weighted by Crippen LogP contribution is 1.91. The van der Waals surface area contributed by atoms with Gasteiger partial charge in [-0.15, -0.1) is 0 Å². The molecule has 1 heterocycles. The summed E-state index contributed by atoms with van der Waals surface area (Å²) in [5.74, 6) is 0. The van der Waals surface area contributed by atoms with E-state index in [1.54, 1.807) is 12.3 Å². The van der Waals surface area contributed by atoms with E-state index in [0.29, 0.717) is 6.54 Å². The number of nitrogens with zero attached hydrogens (tertiary/aromatic N) is 2. The van der Waals surface area contributed by atoms with Gasteiger partial charge < -0.3 is 5.32 Å². The molecule has 4 heteroatoms. The first kappa shape index (κ1) is 5.63. The van der Waals surface area contributed by atoms with Crippen molar-refractivity contribution in [2.75, 3.05) is 6.54 Å². The number of hydrogen-bond donors (Lipinski definition) is 1. The Morgan fingerprint density at radius 2 is 2.67 bits per heavy atom. The van der Waals surface area contributed by atoms with Crippen LogP contribution in [0, 0.1) is 11.5 Å². The van der Waals surface area contributed by atoms with E-state index in [9.17, 15) is 4.79 Å². The molecule has 0 aromatic rings. The minimum atomic E-state index is -0.361. The van der Waals surface area contributed by atoms with Crippen molar-refractivity contribution >= 4 is 6.03 Å². The lowest BCUT2D eigenvalue weighted by Crippen LogP contribution is -2.37. The molecule has 1 rings (SSSR count). The van der Waals surface area contributed by atoms with Gasteiger partial charge in [0.05, 0.1) is 6.54 Å². The van der Waals surface area contributed by atoms with Crippen molar-refractivity contribution in [1.82, 2.24) is 10.2 Å². The zero-order valence-electron chi connectivity index (χ0n) is 4.66. The number of hydrogen-bond acceptors (Lipinski definition) is 2. The number of rotatable bonds is 0. The molecule has 0 aromatic heterocycles. The third-order valence-corrected chi connectivity index (χ3v) is 0.979. The predicted octanol–water partition coefficient (Wildman–Crippen LogP) is 0.00638. The van der Waals surface area contributed by atoms with Crippen molar-refractivity contribution in [3.63, 3.8) is 0 Å². The van der Waals surface area contributed by atoms with E-state index in [2.05, 4.69) is 5.32 Å². The van der Waals surface area contributed by atoms with Crippen molar-refractivity contribution in [3.05, 3.63) is 12.3 Å². The topological polar surface area (TPSA) is 56.1 Å². The van der Waals surface area contributed by atoms with Gasteiger partial charge in [-0.1, -0.05) is 0 Å². The molecule has 0 saturated carbocycles. The molecule has 0 radical (unpaired) electrons. The van der Waals surface area contributed by atoms with Crippen LogP contribution in [-0.2, 0) is 0 Å². The Kier molecular flexibility index (Phi) is 1.36. The lowest BCUT2D eigenvalue weighted by Gasteiger charge is -2.13. The Hall–Kier alpha value is -1.50. The monoisotopic (exact) mass is 123 g/mol. The maximum absolute atomic E-state index is 10.6. The van der Waals surface area contributed by atoms with Gasteiger partial charge in [-0.25, -0.2) is 9.69 Å². The Morgan fingerprint density at radius 1 is 1.89 bits per heavy atom. The Labute approximate surface area is 52.4 Å². The fourth-order valence-electron chi connectivity index (χ4n) is 0.535. The van der Waals surface area contributed by atoms with Gasteiger partial charge in [0, 0.05) is 6.20 Å². The molecule has 2 amide bonds. The van der Waals surface area contributed by atoms with Crippen molar-refractivity contribution < 1.29 is 4.79 Å². The van der Waals surface area contributed by atoms with Crippen molar-refractivity contribution in [1.29, 1.82) is 5.26 Å². The lowest BCUT2D eigenvalue weighted by atomic mass is 10.5. The molecule has 1 N–H and O–H groups in total. The van der Waals surface area contributed by atoms with E-state index in [1.165, 1.54) is 6.20 Å². The molecule has 0 aromatic carbocycles. The van der Waals surface area contributed by atoms with E-state index in [0.717, 1.165) is 4.90 Å². The summed E-state index contributed by atoms with van der Waals surface area (Å²) < 4.78 is 0. The van der Waals surface area contributed by atoms with Crippen LogP contribution in [0.5, 0.6) is 0 Å². The van der Waals surface area contributed by atoms with Gasteiger partial charge in [0.1, 0.15) is 0 Å². The van der Waals surface area contributed by atoms with Crippen molar-refractivity contribution in [2.45, 2.75) is 0 Å². The first-order valence-corrected chi connectivity index (χ1v) is 2.47. The van der Waals surface area contributed by atoms with Gasteiger partial charge in [-0.3, -0.25) is 0 Å². The zero-order chi connectivity index (χ0) is 6.69. The molecule has 0 bridgehead atoms. The highest BCUT2D eigenvalue weighted by Gasteiger charge is 2.11. The summed E-state index contributed by atoms with van der Waals surface area (Å²) in [6.07, 6.45) is 4.95.